The Morgan fingerprint density at radius 2 is 2.05 bits per heavy atom. The lowest BCUT2D eigenvalue weighted by Gasteiger charge is -2.24. The van der Waals surface area contributed by atoms with E-state index in [1.807, 2.05) is 0 Å². The van der Waals surface area contributed by atoms with Crippen LogP contribution in [-0.2, 0) is 14.1 Å². The van der Waals surface area contributed by atoms with E-state index in [4.69, 9.17) is 0 Å². The van der Waals surface area contributed by atoms with E-state index in [0.717, 1.165) is 23.5 Å². The summed E-state index contributed by atoms with van der Waals surface area (Å²) < 4.78 is 2.46. The average molecular weight is 277 g/mol. The third-order valence-electron chi connectivity index (χ3n) is 4.16. The maximum absolute atomic E-state index is 12.0. The fraction of sp³-hybridized carbons (Fsp3) is 0.615. The number of fused-ring (bicyclic) bond motifs is 1. The molecule has 2 N–H and O–H groups in total. The molecule has 20 heavy (non-hydrogen) atoms. The Hall–Kier alpha value is -2.05. The smallest absolute Gasteiger partial charge is 0.332 e. The first-order valence-electron chi connectivity index (χ1n) is 6.97. The van der Waals surface area contributed by atoms with Crippen molar-refractivity contribution >= 4 is 17.1 Å². The Balaban J connectivity index is 1.86. The maximum atomic E-state index is 12.0. The highest BCUT2D eigenvalue weighted by Gasteiger charge is 2.17. The van der Waals surface area contributed by atoms with E-state index >= 15 is 0 Å². The zero-order valence-corrected chi connectivity index (χ0v) is 11.8. The van der Waals surface area contributed by atoms with Gasteiger partial charge in [0.25, 0.3) is 5.56 Å². The molecule has 108 valence electrons. The van der Waals surface area contributed by atoms with Crippen LogP contribution in [0.4, 0.5) is 5.95 Å². The summed E-state index contributed by atoms with van der Waals surface area (Å²) >= 11 is 0. The summed E-state index contributed by atoms with van der Waals surface area (Å²) in [6.07, 6.45) is 5.09. The molecule has 2 heterocycles. The van der Waals surface area contributed by atoms with E-state index in [-0.39, 0.29) is 11.2 Å². The first-order valence-corrected chi connectivity index (χ1v) is 6.97. The van der Waals surface area contributed by atoms with Crippen molar-refractivity contribution in [2.24, 2.45) is 20.0 Å². The van der Waals surface area contributed by atoms with Gasteiger partial charge in [-0.25, -0.2) is 4.79 Å². The molecule has 2 aromatic heterocycles. The van der Waals surface area contributed by atoms with Crippen molar-refractivity contribution in [3.05, 3.63) is 20.8 Å². The first-order chi connectivity index (χ1) is 9.58. The van der Waals surface area contributed by atoms with Crippen LogP contribution in [0.2, 0.25) is 0 Å². The van der Waals surface area contributed by atoms with Crippen molar-refractivity contribution in [3.8, 4) is 0 Å². The molecule has 0 aliphatic heterocycles. The largest absolute Gasteiger partial charge is 0.356 e. The molecule has 1 aliphatic rings. The van der Waals surface area contributed by atoms with E-state index in [1.54, 1.807) is 7.05 Å². The van der Waals surface area contributed by atoms with E-state index in [0.29, 0.717) is 17.1 Å². The van der Waals surface area contributed by atoms with E-state index in [2.05, 4.69) is 15.3 Å². The van der Waals surface area contributed by atoms with Gasteiger partial charge in [0.15, 0.2) is 11.2 Å². The second-order valence-corrected chi connectivity index (χ2v) is 5.50. The number of imidazole rings is 1. The fourth-order valence-corrected chi connectivity index (χ4v) is 2.59. The van der Waals surface area contributed by atoms with Gasteiger partial charge >= 0.3 is 5.69 Å². The van der Waals surface area contributed by atoms with E-state index in [1.165, 1.54) is 30.9 Å². The lowest BCUT2D eigenvalue weighted by molar-refractivity contribution is 0.303. The molecule has 0 amide bonds. The SMILES string of the molecule is Cn1c(=O)c2[nH]c(NCCC3CCC3)nc2n(C)c1=O. The van der Waals surface area contributed by atoms with Crippen LogP contribution in [0, 0.1) is 5.92 Å². The topological polar surface area (TPSA) is 84.7 Å². The van der Waals surface area contributed by atoms with Crippen LogP contribution in [0.1, 0.15) is 25.7 Å². The number of H-pyrrole nitrogens is 1. The lowest BCUT2D eigenvalue weighted by Crippen LogP contribution is -2.36. The number of nitrogens with one attached hydrogen (secondary N) is 2. The minimum Gasteiger partial charge on any atom is -0.356 e. The zero-order chi connectivity index (χ0) is 14.3. The molecular formula is C13H19N5O2. The Labute approximate surface area is 115 Å². The number of rotatable bonds is 4. The predicted octanol–water partition coefficient (Wildman–Crippen LogP) is 0.562. The molecule has 7 heteroatoms. The Bertz CT molecular complexity index is 750. The molecule has 0 bridgehead atoms. The second kappa shape index (κ2) is 4.81. The van der Waals surface area contributed by atoms with Gasteiger partial charge in [0, 0.05) is 20.6 Å². The highest BCUT2D eigenvalue weighted by Crippen LogP contribution is 2.29. The number of nitrogens with zero attached hydrogens (tertiary/aromatic N) is 3. The van der Waals surface area contributed by atoms with Crippen LogP contribution in [-0.4, -0.2) is 25.6 Å². The molecule has 0 aromatic carbocycles. The van der Waals surface area contributed by atoms with Gasteiger partial charge < -0.3 is 10.3 Å². The Morgan fingerprint density at radius 1 is 1.30 bits per heavy atom. The minimum absolute atomic E-state index is 0.345. The second-order valence-electron chi connectivity index (χ2n) is 5.50. The monoisotopic (exact) mass is 277 g/mol. The summed E-state index contributed by atoms with van der Waals surface area (Å²) in [5.74, 6) is 1.38. The molecule has 1 fully saturated rings. The quantitative estimate of drug-likeness (QED) is 0.855. The number of aromatic nitrogens is 4. The molecule has 7 nitrogen and oxygen atoms in total. The minimum atomic E-state index is -0.366. The molecule has 0 radical (unpaired) electrons. The van der Waals surface area contributed by atoms with Crippen LogP contribution >= 0.6 is 0 Å². The molecule has 1 saturated carbocycles. The van der Waals surface area contributed by atoms with Gasteiger partial charge in [-0.15, -0.1) is 0 Å². The number of aromatic amines is 1. The summed E-state index contributed by atoms with van der Waals surface area (Å²) in [6.45, 7) is 0.832. The average Bonchev–Trinajstić information content (AvgIpc) is 2.81. The Morgan fingerprint density at radius 3 is 2.70 bits per heavy atom. The van der Waals surface area contributed by atoms with Crippen LogP contribution in [0.25, 0.3) is 11.2 Å². The lowest BCUT2D eigenvalue weighted by atomic mass is 9.83. The van der Waals surface area contributed by atoms with Crippen LogP contribution in [0.3, 0.4) is 0 Å². The van der Waals surface area contributed by atoms with Gasteiger partial charge in [-0.3, -0.25) is 13.9 Å². The third kappa shape index (κ3) is 2.03. The molecular weight excluding hydrogens is 258 g/mol. The zero-order valence-electron chi connectivity index (χ0n) is 11.8. The number of hydrogen-bond donors (Lipinski definition) is 2. The highest BCUT2D eigenvalue weighted by atomic mass is 16.2. The van der Waals surface area contributed by atoms with Crippen LogP contribution in [0.5, 0.6) is 0 Å². The maximum Gasteiger partial charge on any atom is 0.332 e. The number of anilines is 1. The van der Waals surface area contributed by atoms with Crippen molar-refractivity contribution in [2.75, 3.05) is 11.9 Å². The molecule has 1 aliphatic carbocycles. The molecule has 0 atom stereocenters. The van der Waals surface area contributed by atoms with Gasteiger partial charge in [0.2, 0.25) is 5.95 Å². The summed E-state index contributed by atoms with van der Waals surface area (Å²) in [5.41, 5.74) is 0.0441. The standard InChI is InChI=1S/C13H19N5O2/c1-17-10-9(11(19)18(2)13(17)20)15-12(16-10)14-7-6-8-4-3-5-8/h8H,3-7H2,1-2H3,(H2,14,15,16). The van der Waals surface area contributed by atoms with Crippen LogP contribution in [0.15, 0.2) is 9.59 Å². The summed E-state index contributed by atoms with van der Waals surface area (Å²) in [7, 11) is 3.08. The van der Waals surface area contributed by atoms with Crippen molar-refractivity contribution in [1.82, 2.24) is 19.1 Å². The number of aryl methyl sites for hydroxylation is 1. The molecule has 0 spiro atoms. The van der Waals surface area contributed by atoms with Crippen molar-refractivity contribution in [1.29, 1.82) is 0 Å². The summed E-state index contributed by atoms with van der Waals surface area (Å²) in [4.78, 5) is 31.1. The van der Waals surface area contributed by atoms with E-state index in [9.17, 15) is 9.59 Å². The molecule has 2 aromatic rings. The highest BCUT2D eigenvalue weighted by molar-refractivity contribution is 5.72. The predicted molar refractivity (Wildman–Crippen MR) is 77.0 cm³/mol. The normalized spacial score (nSPS) is 15.5. The van der Waals surface area contributed by atoms with Crippen LogP contribution < -0.4 is 16.6 Å². The third-order valence-corrected chi connectivity index (χ3v) is 4.16. The van der Waals surface area contributed by atoms with Gasteiger partial charge in [-0.1, -0.05) is 19.3 Å². The van der Waals surface area contributed by atoms with E-state index < -0.39 is 0 Å². The number of hydrogen-bond acceptors (Lipinski definition) is 4. The van der Waals surface area contributed by atoms with Crippen molar-refractivity contribution < 1.29 is 0 Å². The summed E-state index contributed by atoms with van der Waals surface area (Å²) in [5, 5.41) is 3.20. The molecule has 0 unspecified atom stereocenters. The molecule has 0 saturated heterocycles. The molecule has 3 rings (SSSR count). The van der Waals surface area contributed by atoms with Crippen molar-refractivity contribution in [2.45, 2.75) is 25.7 Å². The van der Waals surface area contributed by atoms with Gasteiger partial charge in [-0.05, 0) is 12.3 Å². The first kappa shape index (κ1) is 13.0. The van der Waals surface area contributed by atoms with Crippen molar-refractivity contribution in [3.63, 3.8) is 0 Å². The summed E-state index contributed by atoms with van der Waals surface area (Å²) in [6, 6.07) is 0. The van der Waals surface area contributed by atoms with Gasteiger partial charge in [-0.2, -0.15) is 4.98 Å². The van der Waals surface area contributed by atoms with Gasteiger partial charge in [0.1, 0.15) is 0 Å². The Kier molecular flexibility index (Phi) is 3.11. The van der Waals surface area contributed by atoms with Gasteiger partial charge in [0.05, 0.1) is 0 Å². The fourth-order valence-electron chi connectivity index (χ4n) is 2.59.